The lowest BCUT2D eigenvalue weighted by Gasteiger charge is -2.22. The van der Waals surface area contributed by atoms with Gasteiger partial charge in [0.25, 0.3) is 11.4 Å². The van der Waals surface area contributed by atoms with Gasteiger partial charge in [0.1, 0.15) is 0 Å². The van der Waals surface area contributed by atoms with Crippen molar-refractivity contribution in [2.45, 2.75) is 11.7 Å². The van der Waals surface area contributed by atoms with Gasteiger partial charge in [0.2, 0.25) is 0 Å². The summed E-state index contributed by atoms with van der Waals surface area (Å²) in [6.07, 6.45) is -3.07. The first kappa shape index (κ1) is 13.0. The summed E-state index contributed by atoms with van der Waals surface area (Å²) >= 11 is 0. The molecule has 0 aliphatic rings. The van der Waals surface area contributed by atoms with Gasteiger partial charge in [0.05, 0.1) is 0 Å². The SMILES string of the molecule is O=C(O)C(=O)C(O)(C(=O)O)C(O)C(=O)O. The number of carboxylic acid groups (broad SMARTS) is 3. The van der Waals surface area contributed by atoms with Crippen molar-refractivity contribution in [3.05, 3.63) is 0 Å². The van der Waals surface area contributed by atoms with Crippen molar-refractivity contribution in [2.24, 2.45) is 0 Å². The first-order chi connectivity index (χ1) is 6.65. The molecule has 2 atom stereocenters. The van der Waals surface area contributed by atoms with Crippen molar-refractivity contribution in [1.29, 1.82) is 0 Å². The average Bonchev–Trinajstić information content (AvgIpc) is 2.13. The Bertz CT molecular complexity index is 331. The van der Waals surface area contributed by atoms with Gasteiger partial charge in [0.15, 0.2) is 6.10 Å². The maximum atomic E-state index is 10.7. The van der Waals surface area contributed by atoms with Crippen LogP contribution >= 0.6 is 0 Å². The van der Waals surface area contributed by atoms with E-state index in [9.17, 15) is 19.2 Å². The number of carbonyl (C=O) groups excluding carboxylic acids is 1. The van der Waals surface area contributed by atoms with Crippen LogP contribution in [-0.2, 0) is 19.2 Å². The quantitative estimate of drug-likeness (QED) is 0.238. The molecular formula is C6H6O9. The number of carboxylic acids is 3. The lowest BCUT2D eigenvalue weighted by atomic mass is 9.91. The minimum atomic E-state index is -3.91. The average molecular weight is 222 g/mol. The molecule has 0 aliphatic carbocycles. The summed E-state index contributed by atoms with van der Waals surface area (Å²) < 4.78 is 0. The van der Waals surface area contributed by atoms with E-state index in [1.165, 1.54) is 0 Å². The van der Waals surface area contributed by atoms with Crippen molar-refractivity contribution in [1.82, 2.24) is 0 Å². The smallest absolute Gasteiger partial charge is 0.376 e. The summed E-state index contributed by atoms with van der Waals surface area (Å²) in [5, 5.41) is 42.3. The van der Waals surface area contributed by atoms with Crippen molar-refractivity contribution in [3.63, 3.8) is 0 Å². The summed E-state index contributed by atoms with van der Waals surface area (Å²) in [6.45, 7) is 0. The fourth-order valence-electron chi connectivity index (χ4n) is 0.680. The van der Waals surface area contributed by atoms with Gasteiger partial charge in [-0.25, -0.2) is 14.4 Å². The molecule has 0 bridgehead atoms. The third kappa shape index (κ3) is 2.08. The van der Waals surface area contributed by atoms with E-state index in [2.05, 4.69) is 0 Å². The molecule has 0 saturated carbocycles. The van der Waals surface area contributed by atoms with Crippen LogP contribution < -0.4 is 0 Å². The monoisotopic (exact) mass is 222 g/mol. The zero-order valence-corrected chi connectivity index (χ0v) is 6.95. The zero-order valence-electron chi connectivity index (χ0n) is 6.95. The predicted octanol–water partition coefficient (Wildman–Crippen LogP) is -3.10. The highest BCUT2D eigenvalue weighted by Gasteiger charge is 2.57. The number of hydrogen-bond donors (Lipinski definition) is 5. The fourth-order valence-corrected chi connectivity index (χ4v) is 0.680. The minimum absolute atomic E-state index is 2.24. The van der Waals surface area contributed by atoms with Gasteiger partial charge in [-0.3, -0.25) is 4.79 Å². The Balaban J connectivity index is 5.44. The third-order valence-corrected chi connectivity index (χ3v) is 1.50. The number of Topliss-reactive ketones (excluding diaryl/α,β-unsaturated/α-hetero) is 1. The Kier molecular flexibility index (Phi) is 3.49. The number of hydrogen-bond acceptors (Lipinski definition) is 6. The molecule has 2 unspecified atom stereocenters. The molecule has 0 fully saturated rings. The van der Waals surface area contributed by atoms with E-state index < -0.39 is 35.4 Å². The topological polar surface area (TPSA) is 169 Å². The second-order valence-electron chi connectivity index (χ2n) is 2.45. The Hall–Kier alpha value is -2.00. The predicted molar refractivity (Wildman–Crippen MR) is 38.9 cm³/mol. The molecule has 5 N–H and O–H groups in total. The van der Waals surface area contributed by atoms with E-state index >= 15 is 0 Å². The molecule has 0 heterocycles. The normalized spacial score (nSPS) is 16.1. The first-order valence-corrected chi connectivity index (χ1v) is 3.30. The van der Waals surface area contributed by atoms with Gasteiger partial charge in [-0.2, -0.15) is 0 Å². The summed E-state index contributed by atoms with van der Waals surface area (Å²) in [6, 6.07) is 0. The highest BCUT2D eigenvalue weighted by atomic mass is 16.5. The van der Waals surface area contributed by atoms with Gasteiger partial charge in [-0.1, -0.05) is 0 Å². The number of rotatable bonds is 5. The number of ketones is 1. The molecule has 0 spiro atoms. The second-order valence-corrected chi connectivity index (χ2v) is 2.45. The number of aliphatic hydroxyl groups excluding tert-OH is 1. The largest absolute Gasteiger partial charge is 0.479 e. The van der Waals surface area contributed by atoms with Crippen LogP contribution in [0.3, 0.4) is 0 Å². The first-order valence-electron chi connectivity index (χ1n) is 3.30. The summed E-state index contributed by atoms with van der Waals surface area (Å²) in [4.78, 5) is 41.3. The minimum Gasteiger partial charge on any atom is -0.479 e. The van der Waals surface area contributed by atoms with E-state index in [0.717, 1.165) is 0 Å². The fraction of sp³-hybridized carbons (Fsp3) is 0.333. The summed E-state index contributed by atoms with van der Waals surface area (Å²) in [7, 11) is 0. The van der Waals surface area contributed by atoms with Crippen LogP contribution in [0.25, 0.3) is 0 Å². The lowest BCUT2D eigenvalue weighted by molar-refractivity contribution is -0.189. The molecule has 0 rings (SSSR count). The van der Waals surface area contributed by atoms with Crippen LogP contribution in [0.15, 0.2) is 0 Å². The number of carbonyl (C=O) groups is 4. The van der Waals surface area contributed by atoms with Crippen LogP contribution in [0.5, 0.6) is 0 Å². The molecular weight excluding hydrogens is 216 g/mol. The lowest BCUT2D eigenvalue weighted by Crippen LogP contribution is -2.60. The highest BCUT2D eigenvalue weighted by Crippen LogP contribution is 2.13. The van der Waals surface area contributed by atoms with Crippen molar-refractivity contribution < 1.29 is 44.7 Å². The van der Waals surface area contributed by atoms with Gasteiger partial charge in [-0.15, -0.1) is 0 Å². The zero-order chi connectivity index (χ0) is 12.4. The van der Waals surface area contributed by atoms with Crippen molar-refractivity contribution in [3.8, 4) is 0 Å². The Morgan fingerprint density at radius 3 is 1.60 bits per heavy atom. The van der Waals surface area contributed by atoms with E-state index in [4.69, 9.17) is 25.5 Å². The van der Waals surface area contributed by atoms with E-state index in [1.807, 2.05) is 0 Å². The molecule has 0 aromatic carbocycles. The molecule has 0 radical (unpaired) electrons. The third-order valence-electron chi connectivity index (χ3n) is 1.50. The molecule has 0 aliphatic heterocycles. The number of aliphatic carboxylic acids is 3. The summed E-state index contributed by atoms with van der Waals surface area (Å²) in [5.74, 6) is -9.43. The molecule has 0 aromatic heterocycles. The Morgan fingerprint density at radius 2 is 1.40 bits per heavy atom. The van der Waals surface area contributed by atoms with Crippen LogP contribution in [0.4, 0.5) is 0 Å². The maximum Gasteiger partial charge on any atom is 0.376 e. The second kappa shape index (κ2) is 4.02. The highest BCUT2D eigenvalue weighted by molar-refractivity contribution is 6.41. The maximum absolute atomic E-state index is 10.7. The van der Waals surface area contributed by atoms with Gasteiger partial charge in [0, 0.05) is 0 Å². The Labute approximate surface area is 81.2 Å². The standard InChI is InChI=1S/C6H6O9/c7-1(3(9)10)6(15,5(13)14)2(8)4(11)12/h1,7,15H,(H,9,10)(H,11,12)(H,13,14). The van der Waals surface area contributed by atoms with E-state index in [-0.39, 0.29) is 0 Å². The van der Waals surface area contributed by atoms with Gasteiger partial charge >= 0.3 is 17.9 Å². The van der Waals surface area contributed by atoms with Crippen LogP contribution in [0.2, 0.25) is 0 Å². The molecule has 84 valence electrons. The van der Waals surface area contributed by atoms with Gasteiger partial charge in [-0.05, 0) is 0 Å². The molecule has 15 heavy (non-hydrogen) atoms. The number of aliphatic hydroxyl groups is 2. The Morgan fingerprint density at radius 1 is 1.00 bits per heavy atom. The molecule has 0 amide bonds. The van der Waals surface area contributed by atoms with Gasteiger partial charge < -0.3 is 25.5 Å². The van der Waals surface area contributed by atoms with Crippen LogP contribution in [0.1, 0.15) is 0 Å². The summed E-state index contributed by atoms with van der Waals surface area (Å²) in [5.41, 5.74) is -3.91. The van der Waals surface area contributed by atoms with Crippen molar-refractivity contribution >= 4 is 23.7 Å². The van der Waals surface area contributed by atoms with Crippen molar-refractivity contribution in [2.75, 3.05) is 0 Å². The van der Waals surface area contributed by atoms with Crippen LogP contribution in [0, 0.1) is 0 Å². The van der Waals surface area contributed by atoms with Crippen LogP contribution in [-0.4, -0.2) is 60.9 Å². The van der Waals surface area contributed by atoms with E-state index in [1.54, 1.807) is 0 Å². The van der Waals surface area contributed by atoms with E-state index in [0.29, 0.717) is 0 Å². The molecule has 0 saturated heterocycles. The molecule has 0 aromatic rings. The molecule has 9 nitrogen and oxygen atoms in total. The molecule has 9 heteroatoms.